The summed E-state index contributed by atoms with van der Waals surface area (Å²) >= 11 is 0. The van der Waals surface area contributed by atoms with Crippen LogP contribution in [0.5, 0.6) is 34.5 Å². The molecule has 21 heteroatoms. The van der Waals surface area contributed by atoms with Crippen molar-refractivity contribution in [2.45, 2.75) is 39.5 Å². The molecule has 0 spiro atoms. The van der Waals surface area contributed by atoms with Crippen LogP contribution in [-0.2, 0) is 55.8 Å². The number of rotatable bonds is 28. The predicted octanol–water partition coefficient (Wildman–Crippen LogP) is 2.87. The van der Waals surface area contributed by atoms with E-state index in [4.69, 9.17) is 66.7 Å². The number of nitrogens with zero attached hydrogens (tertiary/aromatic N) is 3. The summed E-state index contributed by atoms with van der Waals surface area (Å²) in [6.07, 6.45) is 22.5. The number of hydrogen-bond donors (Lipinski definition) is 1. The van der Waals surface area contributed by atoms with Gasteiger partial charge in [0, 0.05) is 79.3 Å². The van der Waals surface area contributed by atoms with Gasteiger partial charge in [0.25, 0.3) is 0 Å². The molecule has 0 aliphatic rings. The number of carbonyl (C=O) groups excluding carboxylic acids is 1. The number of ether oxygens (including phenoxy) is 13. The number of carboxylic acids is 1. The Morgan fingerprint density at radius 3 is 1.01 bits per heavy atom. The number of methoxy groups -OCH3 is 6. The lowest BCUT2D eigenvalue weighted by molar-refractivity contribution is -0.686. The monoisotopic (exact) mass is 1240 g/mol. The minimum absolute atomic E-state index is 0. The van der Waals surface area contributed by atoms with Crippen molar-refractivity contribution in [1.29, 1.82) is 0 Å². The fourth-order valence-electron chi connectivity index (χ4n) is 6.42. The molecule has 432 valence electrons. The minimum atomic E-state index is -0.877. The van der Waals surface area contributed by atoms with E-state index in [-0.39, 0.29) is 93.8 Å². The van der Waals surface area contributed by atoms with Crippen LogP contribution in [0.4, 0.5) is 0 Å². The first-order valence-corrected chi connectivity index (χ1v) is 24.2. The number of benzene rings is 3. The summed E-state index contributed by atoms with van der Waals surface area (Å²) < 4.78 is 71.4. The Balaban J connectivity index is 0.000000409. The molecule has 3 aromatic carbocycles. The van der Waals surface area contributed by atoms with E-state index in [1.165, 1.54) is 0 Å². The topological polar surface area (TPSA) is 195 Å². The van der Waals surface area contributed by atoms with Crippen molar-refractivity contribution in [2.75, 3.05) is 83.4 Å². The maximum Gasteiger partial charge on any atom is 0.373 e. The lowest BCUT2D eigenvalue weighted by Gasteiger charge is -2.18. The van der Waals surface area contributed by atoms with Crippen molar-refractivity contribution in [3.63, 3.8) is 0 Å². The number of pyridine rings is 3. The smallest absolute Gasteiger partial charge is 0.373 e. The van der Waals surface area contributed by atoms with Gasteiger partial charge in [0.1, 0.15) is 5.60 Å². The van der Waals surface area contributed by atoms with Gasteiger partial charge in [-0.25, -0.2) is 9.59 Å². The van der Waals surface area contributed by atoms with Gasteiger partial charge in [0.15, 0.2) is 100 Å². The van der Waals surface area contributed by atoms with Gasteiger partial charge in [-0.05, 0) is 103 Å². The lowest BCUT2D eigenvalue weighted by Crippen LogP contribution is -3.00. The van der Waals surface area contributed by atoms with Crippen molar-refractivity contribution in [2.24, 2.45) is 0 Å². The molecule has 19 nitrogen and oxygen atoms in total. The van der Waals surface area contributed by atoms with Gasteiger partial charge < -0.3 is 101 Å². The standard InChI is InChI=1S/C23H30NO6.C19H21NO6.C17H19NO4.2BrH/c1-23(2,3)30-22(25)15-24-12-10-18(11-13-24)6-7-19-8-9-20(28-16-26-4)21(14-19)29-17-27-5;1-23-13-25-17-6-5-16(11-18(17)26-14-24-2)4-3-15-7-9-20(10-8-15)12-19(21)22;1-19-12-21-16-6-5-15(11-17(16)22-13-20-2)4-3-14-7-9-18-10-8-14;;/h6-14H,15-17H2,1-5H3;3-11H,12-14H2,1-2H3;3-11H,12-13H2,1-2H3;2*1H/q+1;;;;/p-1. The summed E-state index contributed by atoms with van der Waals surface area (Å²) in [7, 11) is 9.36. The zero-order chi connectivity index (χ0) is 56.4. The number of esters is 1. The van der Waals surface area contributed by atoms with Crippen LogP contribution in [0.3, 0.4) is 0 Å². The quantitative estimate of drug-likeness (QED) is 0.0428. The second-order valence-electron chi connectivity index (χ2n) is 17.3. The molecule has 0 atom stereocenters. The van der Waals surface area contributed by atoms with E-state index < -0.39 is 11.6 Å². The summed E-state index contributed by atoms with van der Waals surface area (Å²) in [5, 5.41) is 8.78. The number of aliphatic carboxylic acids is 1. The third-order valence-corrected chi connectivity index (χ3v) is 9.89. The molecule has 0 bridgehead atoms. The molecule has 0 saturated carbocycles. The molecule has 6 rings (SSSR count). The summed E-state index contributed by atoms with van der Waals surface area (Å²) in [4.78, 5) is 26.6. The SMILES string of the molecule is COCOc1ccc(C=Cc2cc[n+](CC(=O)O)cc2)cc1OCOC.COCOc1ccc(C=Cc2cc[n+](CC(=O)OC(C)(C)C)cc2)cc1OCOC.COCOc1ccc(C=Cc2ccncc2)cc1OCOC.[Br-].[Br-]. The molecule has 0 fully saturated rings. The molecule has 80 heavy (non-hydrogen) atoms. The fraction of sp³-hybridized carbons (Fsp3) is 0.305. The van der Waals surface area contributed by atoms with Gasteiger partial charge in [-0.3, -0.25) is 4.98 Å². The van der Waals surface area contributed by atoms with Crippen LogP contribution in [0.2, 0.25) is 0 Å². The maximum absolute atomic E-state index is 11.9. The van der Waals surface area contributed by atoms with Crippen molar-refractivity contribution in [1.82, 2.24) is 4.98 Å². The highest BCUT2D eigenvalue weighted by molar-refractivity contribution is 5.73. The highest BCUT2D eigenvalue weighted by Gasteiger charge is 2.19. The van der Waals surface area contributed by atoms with Crippen molar-refractivity contribution in [3.8, 4) is 34.5 Å². The van der Waals surface area contributed by atoms with E-state index in [2.05, 4.69) is 4.98 Å². The largest absolute Gasteiger partial charge is 1.00 e. The van der Waals surface area contributed by atoms with Crippen LogP contribution in [0, 0.1) is 0 Å². The Morgan fingerprint density at radius 2 is 0.713 bits per heavy atom. The van der Waals surface area contributed by atoms with E-state index in [1.54, 1.807) is 82.6 Å². The highest BCUT2D eigenvalue weighted by atomic mass is 79.9. The van der Waals surface area contributed by atoms with Crippen LogP contribution in [0.1, 0.15) is 54.2 Å². The Bertz CT molecular complexity index is 2790. The van der Waals surface area contributed by atoms with Crippen molar-refractivity contribution >= 4 is 48.4 Å². The highest BCUT2D eigenvalue weighted by Crippen LogP contribution is 2.32. The molecule has 0 aliphatic carbocycles. The zero-order valence-electron chi connectivity index (χ0n) is 46.4. The third-order valence-electron chi connectivity index (χ3n) is 9.89. The first kappa shape index (κ1) is 68.9. The molecule has 0 unspecified atom stereocenters. The Kier molecular flexibility index (Phi) is 33.8. The summed E-state index contributed by atoms with van der Waals surface area (Å²) in [6, 6.07) is 28.3. The van der Waals surface area contributed by atoms with Crippen LogP contribution in [-0.4, -0.2) is 111 Å². The Hall–Kier alpha value is -7.21. The molecule has 0 radical (unpaired) electrons. The first-order valence-electron chi connectivity index (χ1n) is 24.2. The average Bonchev–Trinajstić information content (AvgIpc) is 3.45. The second kappa shape index (κ2) is 39.2. The van der Waals surface area contributed by atoms with Crippen LogP contribution < -0.4 is 71.5 Å². The van der Waals surface area contributed by atoms with Crippen LogP contribution >= 0.6 is 0 Å². The van der Waals surface area contributed by atoms with E-state index in [9.17, 15) is 9.59 Å². The van der Waals surface area contributed by atoms with E-state index in [0.717, 1.165) is 33.4 Å². The lowest BCUT2D eigenvalue weighted by atomic mass is 10.1. The second-order valence-corrected chi connectivity index (χ2v) is 17.3. The van der Waals surface area contributed by atoms with Crippen LogP contribution in [0.25, 0.3) is 36.5 Å². The summed E-state index contributed by atoms with van der Waals surface area (Å²) in [5.41, 5.74) is 5.39. The van der Waals surface area contributed by atoms with Crippen molar-refractivity contribution in [3.05, 3.63) is 162 Å². The van der Waals surface area contributed by atoms with E-state index in [1.807, 2.05) is 155 Å². The van der Waals surface area contributed by atoms with Gasteiger partial charge in [-0.1, -0.05) is 54.7 Å². The molecule has 0 aliphatic heterocycles. The van der Waals surface area contributed by atoms with Gasteiger partial charge in [0.05, 0.1) is 0 Å². The van der Waals surface area contributed by atoms with Gasteiger partial charge in [-0.15, -0.1) is 0 Å². The molecule has 6 aromatic rings. The average molecular weight is 1240 g/mol. The van der Waals surface area contributed by atoms with Crippen LogP contribution in [0.15, 0.2) is 128 Å². The zero-order valence-corrected chi connectivity index (χ0v) is 49.6. The molecule has 0 saturated heterocycles. The summed E-state index contributed by atoms with van der Waals surface area (Å²) in [5.74, 6) is 2.34. The van der Waals surface area contributed by atoms with Gasteiger partial charge in [-0.2, -0.15) is 9.13 Å². The molecule has 3 heterocycles. The van der Waals surface area contributed by atoms with Crippen molar-refractivity contribution < 1.29 is 119 Å². The Morgan fingerprint density at radius 1 is 0.425 bits per heavy atom. The molecule has 3 aromatic heterocycles. The number of carbonyl (C=O) groups is 2. The normalized spacial score (nSPS) is 10.8. The summed E-state index contributed by atoms with van der Waals surface area (Å²) in [6.45, 7) is 6.46. The number of hydrogen-bond acceptors (Lipinski definition) is 16. The first-order chi connectivity index (χ1) is 37.7. The predicted molar refractivity (Wildman–Crippen MR) is 292 cm³/mol. The maximum atomic E-state index is 11.9. The fourth-order valence-corrected chi connectivity index (χ4v) is 6.42. The van der Waals surface area contributed by atoms with E-state index in [0.29, 0.717) is 34.5 Å². The number of halogens is 2. The van der Waals surface area contributed by atoms with E-state index >= 15 is 0 Å². The molecule has 0 amide bonds. The number of aromatic nitrogens is 3. The molecule has 1 N–H and O–H groups in total. The minimum Gasteiger partial charge on any atom is -1.00 e. The Labute approximate surface area is 489 Å². The number of carboxylic acid groups (broad SMARTS) is 1. The van der Waals surface area contributed by atoms with Gasteiger partial charge >= 0.3 is 11.9 Å². The molecular weight excluding hydrogens is 1170 g/mol. The molecular formula is C59H71Br2N3O16. The third kappa shape index (κ3) is 27.6. The van der Waals surface area contributed by atoms with Gasteiger partial charge in [0.2, 0.25) is 13.1 Å².